The predicted octanol–water partition coefficient (Wildman–Crippen LogP) is 2.64. The van der Waals surface area contributed by atoms with E-state index in [2.05, 4.69) is 19.1 Å². The van der Waals surface area contributed by atoms with Gasteiger partial charge in [-0.2, -0.15) is 8.42 Å². The molecule has 0 saturated heterocycles. The molecule has 0 unspecified atom stereocenters. The Morgan fingerprint density at radius 3 is 1.81 bits per heavy atom. The van der Waals surface area contributed by atoms with Crippen LogP contribution in [0.4, 0.5) is 0 Å². The molecule has 112 valence electrons. The summed E-state index contributed by atoms with van der Waals surface area (Å²) >= 11 is 0. The molecule has 0 N–H and O–H groups in total. The first-order chi connectivity index (χ1) is 9.79. The molecule has 0 saturated carbocycles. The van der Waals surface area contributed by atoms with Crippen LogP contribution in [0.15, 0.2) is 59.5 Å². The number of hydrogen-bond acceptors (Lipinski definition) is 4. The highest BCUT2D eigenvalue weighted by Gasteiger charge is 2.08. The molecule has 0 aliphatic rings. The van der Waals surface area contributed by atoms with Crippen molar-refractivity contribution in [2.75, 3.05) is 0 Å². The molecular formula is C14H13ClO4S2. The maximum Gasteiger partial charge on any atom is 0.261 e. The molecule has 0 amide bonds. The average molecular weight is 345 g/mol. The fourth-order valence-electron chi connectivity index (χ4n) is 1.35. The van der Waals surface area contributed by atoms with E-state index in [0.717, 1.165) is 5.37 Å². The highest BCUT2D eigenvalue weighted by Crippen LogP contribution is 2.14. The highest BCUT2D eigenvalue weighted by molar-refractivity contribution is 8.13. The summed E-state index contributed by atoms with van der Waals surface area (Å²) in [5.74, 6) is 0. The average Bonchev–Trinajstić information content (AvgIpc) is 2.39. The van der Waals surface area contributed by atoms with Crippen LogP contribution in [0, 0.1) is 6.92 Å². The maximum absolute atomic E-state index is 10.8. The summed E-state index contributed by atoms with van der Waals surface area (Å²) in [4.78, 5) is -0.0620. The van der Waals surface area contributed by atoms with Gasteiger partial charge in [0.1, 0.15) is 0 Å². The van der Waals surface area contributed by atoms with Crippen LogP contribution in [0.5, 0.6) is 0 Å². The van der Waals surface area contributed by atoms with E-state index in [4.69, 9.17) is 10.7 Å². The van der Waals surface area contributed by atoms with Crippen molar-refractivity contribution in [2.45, 2.75) is 11.8 Å². The van der Waals surface area contributed by atoms with E-state index in [9.17, 15) is 16.8 Å². The topological polar surface area (TPSA) is 68.3 Å². The van der Waals surface area contributed by atoms with Gasteiger partial charge in [0.15, 0.2) is 0 Å². The Hall–Kier alpha value is -1.63. The van der Waals surface area contributed by atoms with Crippen molar-refractivity contribution in [1.82, 2.24) is 0 Å². The third-order valence-corrected chi connectivity index (χ3v) is 4.17. The molecule has 0 fully saturated rings. The molecule has 0 heterocycles. The van der Waals surface area contributed by atoms with Gasteiger partial charge in [0.2, 0.25) is 10.3 Å². The molecule has 0 aliphatic carbocycles. The van der Waals surface area contributed by atoms with Crippen molar-refractivity contribution >= 4 is 35.4 Å². The van der Waals surface area contributed by atoms with Gasteiger partial charge in [0, 0.05) is 10.7 Å². The zero-order valence-corrected chi connectivity index (χ0v) is 13.5. The summed E-state index contributed by atoms with van der Waals surface area (Å²) in [6.07, 6.45) is 0. The van der Waals surface area contributed by atoms with Crippen molar-refractivity contribution in [2.24, 2.45) is 0 Å². The zero-order valence-electron chi connectivity index (χ0n) is 11.1. The fourth-order valence-corrected chi connectivity index (χ4v) is 2.50. The van der Waals surface area contributed by atoms with Gasteiger partial charge < -0.3 is 0 Å². The summed E-state index contributed by atoms with van der Waals surface area (Å²) in [5.41, 5.74) is 1.71. The third kappa shape index (κ3) is 7.08. The van der Waals surface area contributed by atoms with Gasteiger partial charge in [0.25, 0.3) is 9.05 Å². The van der Waals surface area contributed by atoms with E-state index in [1.807, 2.05) is 18.2 Å². The molecule has 0 spiro atoms. The summed E-state index contributed by atoms with van der Waals surface area (Å²) in [6.45, 7) is 2.08. The Kier molecular flexibility index (Phi) is 6.61. The number of hydrogen-bond donors (Lipinski definition) is 0. The zero-order chi connectivity index (χ0) is 15.9. The second-order valence-electron chi connectivity index (χ2n) is 4.04. The van der Waals surface area contributed by atoms with Crippen LogP contribution in [0.25, 0.3) is 0 Å². The number of halogens is 1. The van der Waals surface area contributed by atoms with Gasteiger partial charge in [-0.05, 0) is 24.6 Å². The Labute approximate surface area is 130 Å². The lowest BCUT2D eigenvalue weighted by atomic mass is 10.2. The van der Waals surface area contributed by atoms with Gasteiger partial charge in [0.05, 0.1) is 10.3 Å². The summed E-state index contributed by atoms with van der Waals surface area (Å²) < 4.78 is 42.1. The highest BCUT2D eigenvalue weighted by atomic mass is 35.7. The second-order valence-corrected chi connectivity index (χ2v) is 7.36. The lowest BCUT2D eigenvalue weighted by Crippen LogP contribution is -1.90. The first-order valence-corrected chi connectivity index (χ1v) is 9.23. The van der Waals surface area contributed by atoms with E-state index < -0.39 is 19.3 Å². The van der Waals surface area contributed by atoms with Gasteiger partial charge in [-0.1, -0.05) is 48.0 Å². The lowest BCUT2D eigenvalue weighted by molar-refractivity contribution is 0.609. The largest absolute Gasteiger partial charge is 0.261 e. The molecule has 2 rings (SSSR count). The van der Waals surface area contributed by atoms with Gasteiger partial charge in [-0.15, -0.1) is 0 Å². The molecule has 21 heavy (non-hydrogen) atoms. The minimum atomic E-state index is -3.74. The van der Waals surface area contributed by atoms with Crippen LogP contribution in [-0.4, -0.2) is 22.2 Å². The Morgan fingerprint density at radius 1 is 0.952 bits per heavy atom. The summed E-state index contributed by atoms with van der Waals surface area (Å²) in [7, 11) is -0.989. The van der Waals surface area contributed by atoms with Crippen LogP contribution in [0.3, 0.4) is 0 Å². The van der Waals surface area contributed by atoms with E-state index in [-0.39, 0.29) is 4.90 Å². The van der Waals surface area contributed by atoms with Gasteiger partial charge in [-0.25, -0.2) is 8.42 Å². The smallest absolute Gasteiger partial charge is 0.207 e. The Balaban J connectivity index is 0.000000262. The van der Waals surface area contributed by atoms with E-state index in [0.29, 0.717) is 5.56 Å². The van der Waals surface area contributed by atoms with E-state index >= 15 is 0 Å². The van der Waals surface area contributed by atoms with E-state index in [1.165, 1.54) is 29.8 Å². The van der Waals surface area contributed by atoms with Crippen molar-refractivity contribution < 1.29 is 16.8 Å². The first-order valence-electron chi connectivity index (χ1n) is 5.78. The van der Waals surface area contributed by atoms with Crippen molar-refractivity contribution in [1.29, 1.82) is 0 Å². The van der Waals surface area contributed by atoms with Crippen LogP contribution in [0.2, 0.25) is 0 Å². The molecule has 2 aromatic rings. The Bertz CT molecular complexity index is 801. The van der Waals surface area contributed by atoms with Gasteiger partial charge >= 0.3 is 0 Å². The minimum absolute atomic E-state index is 0.0620. The summed E-state index contributed by atoms with van der Waals surface area (Å²) in [6, 6.07) is 15.4. The maximum atomic E-state index is 10.8. The predicted molar refractivity (Wildman–Crippen MR) is 84.7 cm³/mol. The summed E-state index contributed by atoms with van der Waals surface area (Å²) in [5, 5.41) is 0.963. The van der Waals surface area contributed by atoms with Crippen molar-refractivity contribution in [3.8, 4) is 0 Å². The van der Waals surface area contributed by atoms with Crippen LogP contribution in [-0.2, 0) is 19.3 Å². The molecule has 2 aromatic carbocycles. The van der Waals surface area contributed by atoms with E-state index in [1.54, 1.807) is 0 Å². The molecule has 0 aromatic heterocycles. The number of aryl methyl sites for hydroxylation is 1. The first kappa shape index (κ1) is 17.4. The molecule has 7 heteroatoms. The molecule has 0 atom stereocenters. The molecule has 0 aliphatic heterocycles. The molecule has 0 bridgehead atoms. The second kappa shape index (κ2) is 7.97. The SMILES string of the molecule is Cc1ccccc1.O=S(=O)=Cc1ccc(S(=O)(=O)Cl)cc1. The van der Waals surface area contributed by atoms with Crippen molar-refractivity contribution in [3.63, 3.8) is 0 Å². The standard InChI is InChI=1S/C7H5ClO4S2.C7H8/c8-14(11,12)7-3-1-6(2-4-7)5-13(9)10;1-7-5-3-2-4-6-7/h1-5H;2-6H,1H3. The molecular weight excluding hydrogens is 332 g/mol. The monoisotopic (exact) mass is 344 g/mol. The normalized spacial score (nSPS) is 10.2. The Morgan fingerprint density at radius 2 is 1.48 bits per heavy atom. The van der Waals surface area contributed by atoms with Gasteiger partial charge in [-0.3, -0.25) is 0 Å². The molecule has 4 nitrogen and oxygen atoms in total. The van der Waals surface area contributed by atoms with Crippen LogP contribution in [0.1, 0.15) is 11.1 Å². The minimum Gasteiger partial charge on any atom is -0.207 e. The van der Waals surface area contributed by atoms with Crippen LogP contribution < -0.4 is 0 Å². The third-order valence-electron chi connectivity index (χ3n) is 2.33. The van der Waals surface area contributed by atoms with Crippen LogP contribution >= 0.6 is 10.7 Å². The van der Waals surface area contributed by atoms with Crippen molar-refractivity contribution in [3.05, 3.63) is 65.7 Å². The quantitative estimate of drug-likeness (QED) is 0.620. The number of benzene rings is 2. The number of rotatable bonds is 2. The fraction of sp³-hybridized carbons (Fsp3) is 0.0714. The lowest BCUT2D eigenvalue weighted by Gasteiger charge is -1.95. The molecule has 0 radical (unpaired) electrons.